The Morgan fingerprint density at radius 2 is 1.71 bits per heavy atom. The highest BCUT2D eigenvalue weighted by atomic mass is 35.5. The second-order valence-corrected chi connectivity index (χ2v) is 7.72. The van der Waals surface area contributed by atoms with Crippen LogP contribution in [0.5, 0.6) is 0 Å². The minimum Gasteiger partial charge on any atom is -0.326 e. The SMILES string of the molecule is Cc1c(Cl)cccc1NC(=O)[C@H](C)C1CCN(C(=O)Nc2ccccc2)CC1. The second-order valence-electron chi connectivity index (χ2n) is 7.31. The minimum atomic E-state index is -0.127. The number of para-hydroxylation sites is 1. The molecule has 0 aliphatic carbocycles. The standard InChI is InChI=1S/C22H26ClN3O2/c1-15(21(27)25-20-10-6-9-19(23)16(20)2)17-11-13-26(14-12-17)22(28)24-18-7-4-3-5-8-18/h3-10,15,17H,11-14H2,1-2H3,(H,24,28)(H,25,27)/t15-/m1/s1. The van der Waals surface area contributed by atoms with E-state index < -0.39 is 0 Å². The highest BCUT2D eigenvalue weighted by molar-refractivity contribution is 6.31. The van der Waals surface area contributed by atoms with Crippen molar-refractivity contribution in [1.82, 2.24) is 4.90 Å². The quantitative estimate of drug-likeness (QED) is 0.745. The number of amides is 3. The van der Waals surface area contributed by atoms with Gasteiger partial charge in [-0.25, -0.2) is 4.79 Å². The predicted molar refractivity (Wildman–Crippen MR) is 114 cm³/mol. The van der Waals surface area contributed by atoms with Crippen LogP contribution in [-0.2, 0) is 4.79 Å². The first-order valence-electron chi connectivity index (χ1n) is 9.62. The van der Waals surface area contributed by atoms with Crippen LogP contribution >= 0.6 is 11.6 Å². The van der Waals surface area contributed by atoms with E-state index in [4.69, 9.17) is 11.6 Å². The van der Waals surface area contributed by atoms with Gasteiger partial charge in [0.15, 0.2) is 0 Å². The van der Waals surface area contributed by atoms with E-state index in [-0.39, 0.29) is 23.8 Å². The normalized spacial score (nSPS) is 15.8. The molecule has 0 spiro atoms. The Hall–Kier alpha value is -2.53. The van der Waals surface area contributed by atoms with Crippen LogP contribution in [0.3, 0.4) is 0 Å². The van der Waals surface area contributed by atoms with Gasteiger partial charge in [-0.3, -0.25) is 4.79 Å². The molecule has 0 unspecified atom stereocenters. The number of benzene rings is 2. The Kier molecular flexibility index (Phi) is 6.57. The van der Waals surface area contributed by atoms with E-state index in [0.29, 0.717) is 18.1 Å². The number of hydrogen-bond acceptors (Lipinski definition) is 2. The zero-order chi connectivity index (χ0) is 20.1. The molecule has 1 atom stereocenters. The molecule has 6 heteroatoms. The second kappa shape index (κ2) is 9.11. The third-order valence-corrected chi connectivity index (χ3v) is 5.91. The van der Waals surface area contributed by atoms with E-state index in [1.807, 2.05) is 67.3 Å². The summed E-state index contributed by atoms with van der Waals surface area (Å²) >= 11 is 6.13. The number of carbonyl (C=O) groups excluding carboxylic acids is 2. The van der Waals surface area contributed by atoms with Crippen molar-refractivity contribution in [3.63, 3.8) is 0 Å². The van der Waals surface area contributed by atoms with Crippen LogP contribution < -0.4 is 10.6 Å². The third kappa shape index (κ3) is 4.84. The van der Waals surface area contributed by atoms with Gasteiger partial charge in [0, 0.05) is 35.4 Å². The zero-order valence-corrected chi connectivity index (χ0v) is 17.0. The zero-order valence-electron chi connectivity index (χ0n) is 16.2. The molecule has 2 N–H and O–H groups in total. The Balaban J connectivity index is 1.51. The summed E-state index contributed by atoms with van der Waals surface area (Å²) in [5, 5.41) is 6.56. The Morgan fingerprint density at radius 1 is 1.04 bits per heavy atom. The Labute approximate surface area is 171 Å². The molecule has 148 valence electrons. The van der Waals surface area contributed by atoms with Gasteiger partial charge in [-0.05, 0) is 55.5 Å². The summed E-state index contributed by atoms with van der Waals surface area (Å²) in [5.41, 5.74) is 2.42. The molecule has 3 amide bonds. The number of anilines is 2. The van der Waals surface area contributed by atoms with Gasteiger partial charge in [0.05, 0.1) is 0 Å². The van der Waals surface area contributed by atoms with E-state index >= 15 is 0 Å². The summed E-state index contributed by atoms with van der Waals surface area (Å²) in [5.74, 6) is 0.121. The molecular weight excluding hydrogens is 374 g/mol. The fourth-order valence-corrected chi connectivity index (χ4v) is 3.70. The van der Waals surface area contributed by atoms with Gasteiger partial charge in [-0.2, -0.15) is 0 Å². The van der Waals surface area contributed by atoms with E-state index in [9.17, 15) is 9.59 Å². The van der Waals surface area contributed by atoms with Crippen LogP contribution in [0.15, 0.2) is 48.5 Å². The van der Waals surface area contributed by atoms with Crippen molar-refractivity contribution in [2.75, 3.05) is 23.7 Å². The summed E-state index contributed by atoms with van der Waals surface area (Å²) in [6.07, 6.45) is 1.62. The fourth-order valence-electron chi connectivity index (χ4n) is 3.53. The van der Waals surface area contributed by atoms with Crippen molar-refractivity contribution in [2.24, 2.45) is 11.8 Å². The first-order chi connectivity index (χ1) is 13.5. The fraction of sp³-hybridized carbons (Fsp3) is 0.364. The maximum Gasteiger partial charge on any atom is 0.321 e. The van der Waals surface area contributed by atoms with E-state index in [1.165, 1.54) is 0 Å². The van der Waals surface area contributed by atoms with Crippen LogP contribution in [0.4, 0.5) is 16.2 Å². The maximum absolute atomic E-state index is 12.7. The number of urea groups is 1. The number of nitrogens with one attached hydrogen (secondary N) is 2. The minimum absolute atomic E-state index is 0.00227. The molecule has 1 fully saturated rings. The molecule has 1 saturated heterocycles. The largest absolute Gasteiger partial charge is 0.326 e. The molecule has 0 bridgehead atoms. The number of carbonyl (C=O) groups is 2. The summed E-state index contributed by atoms with van der Waals surface area (Å²) in [7, 11) is 0. The molecule has 3 rings (SSSR count). The molecule has 0 radical (unpaired) electrons. The smallest absolute Gasteiger partial charge is 0.321 e. The summed E-state index contributed by atoms with van der Waals surface area (Å²) in [6, 6.07) is 14.9. The molecule has 0 aromatic heterocycles. The van der Waals surface area contributed by atoms with Crippen LogP contribution in [0.1, 0.15) is 25.3 Å². The summed E-state index contributed by atoms with van der Waals surface area (Å²) in [4.78, 5) is 26.9. The number of halogens is 1. The molecule has 28 heavy (non-hydrogen) atoms. The van der Waals surface area contributed by atoms with Crippen LogP contribution in [0.2, 0.25) is 5.02 Å². The van der Waals surface area contributed by atoms with Gasteiger partial charge >= 0.3 is 6.03 Å². The van der Waals surface area contributed by atoms with Crippen LogP contribution in [-0.4, -0.2) is 29.9 Å². The Morgan fingerprint density at radius 3 is 2.39 bits per heavy atom. The lowest BCUT2D eigenvalue weighted by molar-refractivity contribution is -0.121. The van der Waals surface area contributed by atoms with Gasteiger partial charge in [0.2, 0.25) is 5.91 Å². The number of piperidine rings is 1. The predicted octanol–water partition coefficient (Wildman–Crippen LogP) is 5.17. The Bertz CT molecular complexity index is 833. The topological polar surface area (TPSA) is 61.4 Å². The molecule has 5 nitrogen and oxygen atoms in total. The number of hydrogen-bond donors (Lipinski definition) is 2. The van der Waals surface area contributed by atoms with E-state index in [0.717, 1.165) is 29.8 Å². The van der Waals surface area contributed by atoms with Gasteiger partial charge in [0.1, 0.15) is 0 Å². The lowest BCUT2D eigenvalue weighted by atomic mass is 9.85. The molecule has 2 aromatic rings. The molecule has 1 heterocycles. The van der Waals surface area contributed by atoms with Gasteiger partial charge in [-0.15, -0.1) is 0 Å². The molecule has 1 aliphatic heterocycles. The van der Waals surface area contributed by atoms with Gasteiger partial charge < -0.3 is 15.5 Å². The van der Waals surface area contributed by atoms with Gasteiger partial charge in [-0.1, -0.05) is 42.8 Å². The van der Waals surface area contributed by atoms with Gasteiger partial charge in [0.25, 0.3) is 0 Å². The monoisotopic (exact) mass is 399 g/mol. The highest BCUT2D eigenvalue weighted by Crippen LogP contribution is 2.28. The average molecular weight is 400 g/mol. The molecule has 1 aliphatic rings. The molecular formula is C22H26ClN3O2. The van der Waals surface area contributed by atoms with Crippen molar-refractivity contribution in [3.8, 4) is 0 Å². The van der Waals surface area contributed by atoms with Crippen LogP contribution in [0.25, 0.3) is 0 Å². The number of likely N-dealkylation sites (tertiary alicyclic amines) is 1. The van der Waals surface area contributed by atoms with Crippen molar-refractivity contribution in [1.29, 1.82) is 0 Å². The average Bonchev–Trinajstić information content (AvgIpc) is 2.71. The lowest BCUT2D eigenvalue weighted by Gasteiger charge is -2.34. The summed E-state index contributed by atoms with van der Waals surface area (Å²) < 4.78 is 0. The van der Waals surface area contributed by atoms with Crippen molar-refractivity contribution in [2.45, 2.75) is 26.7 Å². The van der Waals surface area contributed by atoms with Crippen LogP contribution in [0, 0.1) is 18.8 Å². The van der Waals surface area contributed by atoms with E-state index in [1.54, 1.807) is 0 Å². The first kappa shape index (κ1) is 20.2. The highest BCUT2D eigenvalue weighted by Gasteiger charge is 2.30. The lowest BCUT2D eigenvalue weighted by Crippen LogP contribution is -2.43. The number of nitrogens with zero attached hydrogens (tertiary/aromatic N) is 1. The van der Waals surface area contributed by atoms with Crippen molar-refractivity contribution >= 4 is 34.9 Å². The maximum atomic E-state index is 12.7. The third-order valence-electron chi connectivity index (χ3n) is 5.50. The first-order valence-corrected chi connectivity index (χ1v) is 10.0. The number of rotatable bonds is 4. The summed E-state index contributed by atoms with van der Waals surface area (Å²) in [6.45, 7) is 5.15. The molecule has 0 saturated carbocycles. The van der Waals surface area contributed by atoms with E-state index in [2.05, 4.69) is 10.6 Å². The van der Waals surface area contributed by atoms with Crippen molar-refractivity contribution in [3.05, 3.63) is 59.1 Å². The van der Waals surface area contributed by atoms with Crippen molar-refractivity contribution < 1.29 is 9.59 Å². The molecule has 2 aromatic carbocycles.